The molecule has 0 bridgehead atoms. The number of nitrogens with two attached hydrogens (primary N) is 1. The highest BCUT2D eigenvalue weighted by Gasteiger charge is 2.03. The van der Waals surface area contributed by atoms with Crippen LogP contribution in [0.1, 0.15) is 5.56 Å². The maximum absolute atomic E-state index is 7.41. The highest BCUT2D eigenvalue weighted by molar-refractivity contribution is 5.95. The normalized spacial score (nSPS) is 10.4. The number of pyridine rings is 1. The van der Waals surface area contributed by atoms with Gasteiger partial charge in [0.1, 0.15) is 11.6 Å². The first-order valence-electron chi connectivity index (χ1n) is 6.19. The SMILES string of the molecule is N=C(N)c1ccnc(Oc2ccc3ccccc3c2)c1. The summed E-state index contributed by atoms with van der Waals surface area (Å²) in [5.41, 5.74) is 6.04. The van der Waals surface area contributed by atoms with Crippen molar-refractivity contribution in [3.8, 4) is 11.6 Å². The molecule has 1 heterocycles. The molecule has 0 amide bonds. The first kappa shape index (κ1) is 12.2. The summed E-state index contributed by atoms with van der Waals surface area (Å²) in [7, 11) is 0. The zero-order chi connectivity index (χ0) is 13.9. The Bertz CT molecular complexity index is 783. The molecule has 1 aromatic heterocycles. The van der Waals surface area contributed by atoms with Gasteiger partial charge in [0.15, 0.2) is 0 Å². The molecule has 0 aliphatic heterocycles. The van der Waals surface area contributed by atoms with Gasteiger partial charge in [0.2, 0.25) is 5.88 Å². The van der Waals surface area contributed by atoms with Gasteiger partial charge in [-0.05, 0) is 29.0 Å². The third kappa shape index (κ3) is 2.44. The van der Waals surface area contributed by atoms with Gasteiger partial charge in [0.05, 0.1) is 0 Å². The number of benzene rings is 2. The van der Waals surface area contributed by atoms with E-state index in [1.165, 1.54) is 0 Å². The molecule has 0 unspecified atom stereocenters. The van der Waals surface area contributed by atoms with E-state index in [1.54, 1.807) is 18.3 Å². The summed E-state index contributed by atoms with van der Waals surface area (Å²) in [6, 6.07) is 17.2. The van der Waals surface area contributed by atoms with Gasteiger partial charge >= 0.3 is 0 Å². The second kappa shape index (κ2) is 5.01. The van der Waals surface area contributed by atoms with E-state index >= 15 is 0 Å². The lowest BCUT2D eigenvalue weighted by Gasteiger charge is -2.07. The van der Waals surface area contributed by atoms with Crippen molar-refractivity contribution in [3.63, 3.8) is 0 Å². The van der Waals surface area contributed by atoms with Crippen LogP contribution >= 0.6 is 0 Å². The van der Waals surface area contributed by atoms with Gasteiger partial charge in [-0.25, -0.2) is 4.98 Å². The third-order valence-electron chi connectivity index (χ3n) is 2.99. The molecule has 20 heavy (non-hydrogen) atoms. The minimum atomic E-state index is -0.00392. The number of hydrogen-bond donors (Lipinski definition) is 2. The van der Waals surface area contributed by atoms with Crippen LogP contribution in [-0.2, 0) is 0 Å². The van der Waals surface area contributed by atoms with Crippen LogP contribution in [0, 0.1) is 5.41 Å². The predicted molar refractivity (Wildman–Crippen MR) is 79.3 cm³/mol. The summed E-state index contributed by atoms with van der Waals surface area (Å²) in [6.07, 6.45) is 1.58. The number of hydrogen-bond acceptors (Lipinski definition) is 3. The monoisotopic (exact) mass is 263 g/mol. The maximum atomic E-state index is 7.41. The quantitative estimate of drug-likeness (QED) is 0.562. The van der Waals surface area contributed by atoms with Crippen molar-refractivity contribution >= 4 is 16.6 Å². The van der Waals surface area contributed by atoms with Crippen molar-refractivity contribution in [1.82, 2.24) is 4.98 Å². The Morgan fingerprint density at radius 3 is 2.60 bits per heavy atom. The van der Waals surface area contributed by atoms with Gasteiger partial charge in [-0.15, -0.1) is 0 Å². The Balaban J connectivity index is 1.92. The first-order chi connectivity index (χ1) is 9.72. The van der Waals surface area contributed by atoms with E-state index in [4.69, 9.17) is 15.9 Å². The summed E-state index contributed by atoms with van der Waals surface area (Å²) >= 11 is 0. The smallest absolute Gasteiger partial charge is 0.219 e. The Morgan fingerprint density at radius 2 is 1.80 bits per heavy atom. The van der Waals surface area contributed by atoms with Crippen LogP contribution in [0.15, 0.2) is 60.8 Å². The number of amidine groups is 1. The summed E-state index contributed by atoms with van der Waals surface area (Å²) in [6.45, 7) is 0. The Morgan fingerprint density at radius 1 is 1.00 bits per heavy atom. The molecule has 4 nitrogen and oxygen atoms in total. The number of rotatable bonds is 3. The first-order valence-corrected chi connectivity index (χ1v) is 6.19. The van der Waals surface area contributed by atoms with E-state index in [2.05, 4.69) is 4.98 Å². The molecule has 3 rings (SSSR count). The van der Waals surface area contributed by atoms with Gasteiger partial charge in [-0.1, -0.05) is 30.3 Å². The second-order valence-electron chi connectivity index (χ2n) is 4.41. The zero-order valence-electron chi connectivity index (χ0n) is 10.7. The molecular formula is C16H13N3O. The predicted octanol–water partition coefficient (Wildman–Crippen LogP) is 3.31. The highest BCUT2D eigenvalue weighted by atomic mass is 16.5. The lowest BCUT2D eigenvalue weighted by molar-refractivity contribution is 0.463. The second-order valence-corrected chi connectivity index (χ2v) is 4.41. The standard InChI is InChI=1S/C16H13N3O/c17-16(18)13-7-8-19-15(10-13)20-14-6-5-11-3-1-2-4-12(11)9-14/h1-10H,(H3,17,18). The van der Waals surface area contributed by atoms with Crippen molar-refractivity contribution in [3.05, 3.63) is 66.4 Å². The molecule has 0 atom stereocenters. The van der Waals surface area contributed by atoms with Crippen LogP contribution < -0.4 is 10.5 Å². The average molecular weight is 263 g/mol. The van der Waals surface area contributed by atoms with E-state index < -0.39 is 0 Å². The van der Waals surface area contributed by atoms with Crippen LogP contribution in [0.2, 0.25) is 0 Å². The van der Waals surface area contributed by atoms with Crippen LogP contribution in [0.5, 0.6) is 11.6 Å². The highest BCUT2D eigenvalue weighted by Crippen LogP contribution is 2.24. The number of nitrogens with one attached hydrogen (secondary N) is 1. The van der Waals surface area contributed by atoms with Gasteiger partial charge in [0.25, 0.3) is 0 Å². The van der Waals surface area contributed by atoms with Crippen molar-refractivity contribution in [2.45, 2.75) is 0 Å². The van der Waals surface area contributed by atoms with E-state index in [0.717, 1.165) is 10.8 Å². The van der Waals surface area contributed by atoms with Gasteiger partial charge < -0.3 is 10.5 Å². The van der Waals surface area contributed by atoms with Gasteiger partial charge in [0, 0.05) is 17.8 Å². The molecule has 3 aromatic rings. The van der Waals surface area contributed by atoms with Crippen molar-refractivity contribution < 1.29 is 4.74 Å². The third-order valence-corrected chi connectivity index (χ3v) is 2.99. The number of aromatic nitrogens is 1. The fourth-order valence-electron chi connectivity index (χ4n) is 1.98. The molecular weight excluding hydrogens is 250 g/mol. The maximum Gasteiger partial charge on any atom is 0.219 e. The molecule has 0 radical (unpaired) electrons. The number of fused-ring (bicyclic) bond motifs is 1. The lowest BCUT2D eigenvalue weighted by Crippen LogP contribution is -2.11. The summed E-state index contributed by atoms with van der Waals surface area (Å²) in [5.74, 6) is 1.13. The van der Waals surface area contributed by atoms with Gasteiger partial charge in [-0.3, -0.25) is 5.41 Å². The largest absolute Gasteiger partial charge is 0.439 e. The molecule has 0 saturated heterocycles. The molecule has 2 aromatic carbocycles. The number of nitrogen functional groups attached to an aromatic ring is 1. The van der Waals surface area contributed by atoms with Crippen LogP contribution in [0.3, 0.4) is 0 Å². The van der Waals surface area contributed by atoms with E-state index in [0.29, 0.717) is 17.2 Å². The Kier molecular flexibility index (Phi) is 3.05. The van der Waals surface area contributed by atoms with Crippen LogP contribution in [0.25, 0.3) is 10.8 Å². The van der Waals surface area contributed by atoms with Crippen molar-refractivity contribution in [2.24, 2.45) is 5.73 Å². The van der Waals surface area contributed by atoms with E-state index in [-0.39, 0.29) is 5.84 Å². The fraction of sp³-hybridized carbons (Fsp3) is 0. The van der Waals surface area contributed by atoms with Crippen LogP contribution in [0.4, 0.5) is 0 Å². The summed E-state index contributed by atoms with van der Waals surface area (Å²) in [5, 5.41) is 9.68. The average Bonchev–Trinajstić information content (AvgIpc) is 2.47. The molecule has 3 N–H and O–H groups in total. The minimum absolute atomic E-state index is 0.00392. The topological polar surface area (TPSA) is 72.0 Å². The molecule has 0 saturated carbocycles. The zero-order valence-corrected chi connectivity index (χ0v) is 10.7. The summed E-state index contributed by atoms with van der Waals surface area (Å²) < 4.78 is 5.71. The van der Waals surface area contributed by atoms with E-state index in [1.807, 2.05) is 42.5 Å². The number of nitrogens with zero attached hydrogens (tertiary/aromatic N) is 1. The Hall–Kier alpha value is -2.88. The van der Waals surface area contributed by atoms with Crippen molar-refractivity contribution in [2.75, 3.05) is 0 Å². The lowest BCUT2D eigenvalue weighted by atomic mass is 10.1. The molecule has 0 fully saturated rings. The molecule has 0 aliphatic carbocycles. The minimum Gasteiger partial charge on any atom is -0.439 e. The summed E-state index contributed by atoms with van der Waals surface area (Å²) in [4.78, 5) is 4.12. The molecule has 4 heteroatoms. The number of ether oxygens (including phenoxy) is 1. The fourth-order valence-corrected chi connectivity index (χ4v) is 1.98. The Labute approximate surface area is 116 Å². The molecule has 98 valence electrons. The molecule has 0 spiro atoms. The van der Waals surface area contributed by atoms with Crippen LogP contribution in [-0.4, -0.2) is 10.8 Å². The van der Waals surface area contributed by atoms with E-state index in [9.17, 15) is 0 Å². The molecule has 0 aliphatic rings. The van der Waals surface area contributed by atoms with Crippen molar-refractivity contribution in [1.29, 1.82) is 5.41 Å². The van der Waals surface area contributed by atoms with Gasteiger partial charge in [-0.2, -0.15) is 0 Å².